The molecule has 1 aromatic carbocycles. The Kier molecular flexibility index (Phi) is 7.08. The van der Waals surface area contributed by atoms with Gasteiger partial charge in [0, 0.05) is 25.1 Å². The first-order chi connectivity index (χ1) is 10.8. The Labute approximate surface area is 131 Å². The number of benzene rings is 1. The molecule has 6 heteroatoms. The van der Waals surface area contributed by atoms with Crippen LogP contribution in [0.3, 0.4) is 0 Å². The Morgan fingerprint density at radius 2 is 1.82 bits per heavy atom. The van der Waals surface area contributed by atoms with E-state index in [1.54, 1.807) is 0 Å². The van der Waals surface area contributed by atoms with Crippen LogP contribution in [0.4, 0.5) is 0 Å². The standard InChI is InChI=1S/C16H25NO5/c1-16(22-21-9-7-17)6-8-18-10-11-19-12-13-20-15-5-3-2-4-14(15)16/h2-5H,6-13,17H2,1H3. The molecule has 0 fully saturated rings. The summed E-state index contributed by atoms with van der Waals surface area (Å²) in [5.74, 6) is 0.769. The summed E-state index contributed by atoms with van der Waals surface area (Å²) in [7, 11) is 0. The molecule has 1 heterocycles. The summed E-state index contributed by atoms with van der Waals surface area (Å²) in [6.45, 7) is 5.39. The molecular weight excluding hydrogens is 286 g/mol. The van der Waals surface area contributed by atoms with Crippen LogP contribution in [0.5, 0.6) is 5.75 Å². The Hall–Kier alpha value is -1.18. The van der Waals surface area contributed by atoms with E-state index in [1.807, 2.05) is 31.2 Å². The van der Waals surface area contributed by atoms with Crippen molar-refractivity contribution in [2.24, 2.45) is 5.73 Å². The zero-order valence-electron chi connectivity index (χ0n) is 13.1. The lowest BCUT2D eigenvalue weighted by atomic mass is 9.92. The van der Waals surface area contributed by atoms with Crippen molar-refractivity contribution in [1.29, 1.82) is 0 Å². The highest BCUT2D eigenvalue weighted by Crippen LogP contribution is 2.36. The molecule has 22 heavy (non-hydrogen) atoms. The molecule has 0 saturated carbocycles. The molecule has 1 atom stereocenters. The molecule has 1 aromatic rings. The van der Waals surface area contributed by atoms with E-state index in [4.69, 9.17) is 29.7 Å². The summed E-state index contributed by atoms with van der Waals surface area (Å²) in [4.78, 5) is 10.9. The van der Waals surface area contributed by atoms with E-state index in [9.17, 15) is 0 Å². The third-order valence-corrected chi connectivity index (χ3v) is 3.48. The van der Waals surface area contributed by atoms with Gasteiger partial charge in [-0.05, 0) is 13.0 Å². The van der Waals surface area contributed by atoms with Gasteiger partial charge in [0.25, 0.3) is 0 Å². The molecule has 0 aromatic heterocycles. The van der Waals surface area contributed by atoms with Crippen LogP contribution < -0.4 is 10.5 Å². The normalized spacial score (nSPS) is 23.7. The fraction of sp³-hybridized carbons (Fsp3) is 0.625. The molecule has 0 radical (unpaired) electrons. The van der Waals surface area contributed by atoms with Gasteiger partial charge in [-0.3, -0.25) is 0 Å². The van der Waals surface area contributed by atoms with Gasteiger partial charge in [-0.15, -0.1) is 0 Å². The topological polar surface area (TPSA) is 72.2 Å². The van der Waals surface area contributed by atoms with E-state index in [0.29, 0.717) is 52.6 Å². The smallest absolute Gasteiger partial charge is 0.131 e. The maximum atomic E-state index is 5.84. The molecule has 1 aliphatic heterocycles. The zero-order chi connectivity index (χ0) is 15.7. The third-order valence-electron chi connectivity index (χ3n) is 3.48. The van der Waals surface area contributed by atoms with Gasteiger partial charge in [0.1, 0.15) is 18.0 Å². The second-order valence-electron chi connectivity index (χ2n) is 5.24. The van der Waals surface area contributed by atoms with Crippen molar-refractivity contribution in [1.82, 2.24) is 0 Å². The average Bonchev–Trinajstić information content (AvgIpc) is 2.53. The lowest BCUT2D eigenvalue weighted by molar-refractivity contribution is -0.364. The molecule has 6 nitrogen and oxygen atoms in total. The van der Waals surface area contributed by atoms with Crippen molar-refractivity contribution in [3.05, 3.63) is 29.8 Å². The predicted molar refractivity (Wildman–Crippen MR) is 81.6 cm³/mol. The average molecular weight is 311 g/mol. The van der Waals surface area contributed by atoms with Crippen LogP contribution in [0.2, 0.25) is 0 Å². The van der Waals surface area contributed by atoms with Crippen molar-refractivity contribution in [2.45, 2.75) is 18.9 Å². The highest BCUT2D eigenvalue weighted by Gasteiger charge is 2.32. The molecule has 0 spiro atoms. The Morgan fingerprint density at radius 1 is 1.09 bits per heavy atom. The number of hydrogen-bond acceptors (Lipinski definition) is 6. The van der Waals surface area contributed by atoms with E-state index in [-0.39, 0.29) is 0 Å². The monoisotopic (exact) mass is 311 g/mol. The van der Waals surface area contributed by atoms with Crippen LogP contribution in [0.1, 0.15) is 18.9 Å². The molecule has 1 aliphatic rings. The van der Waals surface area contributed by atoms with Crippen LogP contribution in [0, 0.1) is 0 Å². The molecule has 0 saturated heterocycles. The molecule has 2 N–H and O–H groups in total. The van der Waals surface area contributed by atoms with Crippen molar-refractivity contribution in [3.63, 3.8) is 0 Å². The number of para-hydroxylation sites is 1. The minimum Gasteiger partial charge on any atom is -0.491 e. The number of hydrogen-bond donors (Lipinski definition) is 1. The van der Waals surface area contributed by atoms with Crippen LogP contribution in [-0.4, -0.2) is 46.2 Å². The van der Waals surface area contributed by atoms with Crippen LogP contribution in [0.25, 0.3) is 0 Å². The van der Waals surface area contributed by atoms with Gasteiger partial charge in [-0.25, -0.2) is 9.78 Å². The van der Waals surface area contributed by atoms with Crippen molar-refractivity contribution in [3.8, 4) is 5.75 Å². The van der Waals surface area contributed by atoms with Gasteiger partial charge in [0.2, 0.25) is 0 Å². The molecule has 0 aliphatic carbocycles. The van der Waals surface area contributed by atoms with Crippen LogP contribution in [-0.2, 0) is 24.8 Å². The Bertz CT molecular complexity index is 442. The lowest BCUT2D eigenvalue weighted by Crippen LogP contribution is -2.30. The highest BCUT2D eigenvalue weighted by molar-refractivity contribution is 5.37. The quantitative estimate of drug-likeness (QED) is 0.517. The van der Waals surface area contributed by atoms with E-state index in [0.717, 1.165) is 11.3 Å². The summed E-state index contributed by atoms with van der Waals surface area (Å²) in [5.41, 5.74) is 5.72. The van der Waals surface area contributed by atoms with Gasteiger partial charge in [0.05, 0.1) is 26.4 Å². The third kappa shape index (κ3) is 4.93. The summed E-state index contributed by atoms with van der Waals surface area (Å²) in [5, 5.41) is 0. The zero-order valence-corrected chi connectivity index (χ0v) is 13.1. The van der Waals surface area contributed by atoms with Crippen LogP contribution >= 0.6 is 0 Å². The summed E-state index contributed by atoms with van der Waals surface area (Å²) in [6.07, 6.45) is 0.637. The van der Waals surface area contributed by atoms with Crippen molar-refractivity contribution >= 4 is 0 Å². The predicted octanol–water partition coefficient (Wildman–Crippen LogP) is 1.62. The Balaban J connectivity index is 2.19. The first-order valence-corrected chi connectivity index (χ1v) is 7.65. The summed E-state index contributed by atoms with van der Waals surface area (Å²) in [6, 6.07) is 7.79. The molecule has 2 rings (SSSR count). The van der Waals surface area contributed by atoms with E-state index in [2.05, 4.69) is 0 Å². The summed E-state index contributed by atoms with van der Waals surface area (Å²) >= 11 is 0. The fourth-order valence-electron chi connectivity index (χ4n) is 2.27. The summed E-state index contributed by atoms with van der Waals surface area (Å²) < 4.78 is 16.9. The van der Waals surface area contributed by atoms with E-state index < -0.39 is 5.60 Å². The maximum absolute atomic E-state index is 5.84. The first kappa shape index (κ1) is 17.2. The second-order valence-corrected chi connectivity index (χ2v) is 5.24. The van der Waals surface area contributed by atoms with Gasteiger partial charge in [-0.2, -0.15) is 0 Å². The van der Waals surface area contributed by atoms with Gasteiger partial charge in [0.15, 0.2) is 0 Å². The first-order valence-electron chi connectivity index (χ1n) is 7.65. The van der Waals surface area contributed by atoms with Crippen molar-refractivity contribution < 1.29 is 24.0 Å². The minimum absolute atomic E-state index is 0.341. The largest absolute Gasteiger partial charge is 0.491 e. The molecular formula is C16H25NO5. The SMILES string of the molecule is CC1(OOCCN)CCOCCOCCOc2ccccc21. The number of rotatable bonds is 4. The number of fused-ring (bicyclic) bond motifs is 1. The second kappa shape index (κ2) is 9.07. The van der Waals surface area contributed by atoms with Gasteiger partial charge in [-0.1, -0.05) is 18.2 Å². The molecule has 0 amide bonds. The molecule has 0 bridgehead atoms. The fourth-order valence-corrected chi connectivity index (χ4v) is 2.27. The molecule has 1 unspecified atom stereocenters. The van der Waals surface area contributed by atoms with E-state index in [1.165, 1.54) is 0 Å². The van der Waals surface area contributed by atoms with Crippen molar-refractivity contribution in [2.75, 3.05) is 46.2 Å². The number of ether oxygens (including phenoxy) is 3. The highest BCUT2D eigenvalue weighted by atomic mass is 17.2. The molecule has 124 valence electrons. The van der Waals surface area contributed by atoms with Gasteiger partial charge >= 0.3 is 0 Å². The van der Waals surface area contributed by atoms with Gasteiger partial charge < -0.3 is 19.9 Å². The minimum atomic E-state index is -0.661. The van der Waals surface area contributed by atoms with Crippen LogP contribution in [0.15, 0.2) is 24.3 Å². The Morgan fingerprint density at radius 3 is 2.64 bits per heavy atom. The number of nitrogens with two attached hydrogens (primary N) is 1. The van der Waals surface area contributed by atoms with E-state index >= 15 is 0 Å². The maximum Gasteiger partial charge on any atom is 0.131 e. The lowest BCUT2D eigenvalue weighted by Gasteiger charge is -2.30.